The lowest BCUT2D eigenvalue weighted by Gasteiger charge is -2.04. The molecule has 0 saturated heterocycles. The Morgan fingerprint density at radius 1 is 1.25 bits per heavy atom. The van der Waals surface area contributed by atoms with E-state index in [2.05, 4.69) is 4.85 Å². The van der Waals surface area contributed by atoms with Gasteiger partial charge >= 0.3 is 10.0 Å². The van der Waals surface area contributed by atoms with Gasteiger partial charge in [0.25, 0.3) is 0 Å². The third kappa shape index (κ3) is 2.36. The number of rotatable bonds is 3. The Kier molecular flexibility index (Phi) is 3.47. The predicted octanol–water partition coefficient (Wildman–Crippen LogP) is 2.79. The summed E-state index contributed by atoms with van der Waals surface area (Å²) in [7, 11) is -3.86. The van der Waals surface area contributed by atoms with Crippen LogP contribution in [-0.2, 0) is 10.0 Å². The van der Waals surface area contributed by atoms with Crippen LogP contribution in [0.2, 0.25) is 0 Å². The predicted molar refractivity (Wildman–Crippen MR) is 74.5 cm³/mol. The molecule has 0 saturated carbocycles. The zero-order valence-corrected chi connectivity index (χ0v) is 11.8. The summed E-state index contributed by atoms with van der Waals surface area (Å²) in [6.45, 7) is 10.2. The van der Waals surface area contributed by atoms with Crippen molar-refractivity contribution in [2.24, 2.45) is 0 Å². The molecule has 1 aromatic carbocycles. The molecule has 0 spiro atoms. The molecule has 0 aliphatic rings. The zero-order chi connectivity index (χ0) is 14.9. The maximum atomic E-state index is 12.5. The van der Waals surface area contributed by atoms with Crippen LogP contribution in [-0.4, -0.2) is 18.2 Å². The number of nitrogens with zero attached hydrogens (tertiary/aromatic N) is 2. The van der Waals surface area contributed by atoms with Gasteiger partial charge in [-0.3, -0.25) is 4.79 Å². The summed E-state index contributed by atoms with van der Waals surface area (Å²) >= 11 is 0. The lowest BCUT2D eigenvalue weighted by Crippen LogP contribution is -2.11. The third-order valence-electron chi connectivity index (χ3n) is 2.87. The lowest BCUT2D eigenvalue weighted by atomic mass is 10.2. The SMILES string of the molecule is [C-]#[N+]c1cc(C(C)=O)cn1S(=O)(=O)c1ccc(C)cc1. The van der Waals surface area contributed by atoms with Crippen molar-refractivity contribution in [2.75, 3.05) is 0 Å². The third-order valence-corrected chi connectivity index (χ3v) is 4.54. The number of benzene rings is 1. The molecule has 0 radical (unpaired) electrons. The van der Waals surface area contributed by atoms with Crippen molar-refractivity contribution in [3.63, 3.8) is 0 Å². The number of ketones is 1. The minimum Gasteiger partial charge on any atom is -0.363 e. The molecule has 0 amide bonds. The first-order valence-corrected chi connectivity index (χ1v) is 7.23. The number of Topliss-reactive ketones (excluding diaryl/α,β-unsaturated/α-hetero) is 1. The van der Waals surface area contributed by atoms with Gasteiger partial charge in [0.2, 0.25) is 5.82 Å². The Morgan fingerprint density at radius 2 is 1.85 bits per heavy atom. The molecule has 0 atom stereocenters. The fourth-order valence-electron chi connectivity index (χ4n) is 1.72. The highest BCUT2D eigenvalue weighted by Gasteiger charge is 2.24. The Hall–Kier alpha value is -2.39. The van der Waals surface area contributed by atoms with Crippen LogP contribution in [0.5, 0.6) is 0 Å². The smallest absolute Gasteiger partial charge is 0.321 e. The summed E-state index contributed by atoms with van der Waals surface area (Å²) in [4.78, 5) is 14.6. The number of hydrogen-bond donors (Lipinski definition) is 0. The van der Waals surface area contributed by atoms with Crippen LogP contribution in [0.1, 0.15) is 22.8 Å². The zero-order valence-electron chi connectivity index (χ0n) is 11.0. The first kappa shape index (κ1) is 14.0. The topological polar surface area (TPSA) is 60.5 Å². The van der Waals surface area contributed by atoms with E-state index in [1.807, 2.05) is 6.92 Å². The molecule has 2 aromatic rings. The van der Waals surface area contributed by atoms with Gasteiger partial charge in [0, 0.05) is 5.56 Å². The number of aromatic nitrogens is 1. The highest BCUT2D eigenvalue weighted by atomic mass is 32.2. The van der Waals surface area contributed by atoms with Crippen molar-refractivity contribution in [2.45, 2.75) is 18.7 Å². The van der Waals surface area contributed by atoms with E-state index in [0.717, 1.165) is 9.54 Å². The highest BCUT2D eigenvalue weighted by molar-refractivity contribution is 7.90. The van der Waals surface area contributed by atoms with Crippen molar-refractivity contribution >= 4 is 21.6 Å². The molecule has 0 fully saturated rings. The molecular weight excluding hydrogens is 276 g/mol. The van der Waals surface area contributed by atoms with Crippen LogP contribution in [0.3, 0.4) is 0 Å². The van der Waals surface area contributed by atoms with Gasteiger partial charge in [0.1, 0.15) is 11.1 Å². The maximum absolute atomic E-state index is 12.5. The van der Waals surface area contributed by atoms with Gasteiger partial charge in [-0.25, -0.2) is 0 Å². The highest BCUT2D eigenvalue weighted by Crippen LogP contribution is 2.24. The van der Waals surface area contributed by atoms with E-state index in [1.165, 1.54) is 31.3 Å². The largest absolute Gasteiger partial charge is 0.363 e. The molecule has 1 aromatic heterocycles. The summed E-state index contributed by atoms with van der Waals surface area (Å²) in [6.07, 6.45) is 1.19. The Bertz CT molecular complexity index is 809. The molecule has 0 N–H and O–H groups in total. The molecule has 5 nitrogen and oxygen atoms in total. The van der Waals surface area contributed by atoms with Crippen molar-refractivity contribution in [1.82, 2.24) is 3.97 Å². The minimum absolute atomic E-state index is 0.0821. The molecule has 6 heteroatoms. The van der Waals surface area contributed by atoms with E-state index in [9.17, 15) is 13.2 Å². The molecule has 0 aliphatic carbocycles. The molecule has 2 rings (SSSR count). The van der Waals surface area contributed by atoms with Crippen LogP contribution >= 0.6 is 0 Å². The van der Waals surface area contributed by atoms with E-state index in [4.69, 9.17) is 6.57 Å². The van der Waals surface area contributed by atoms with Gasteiger partial charge in [0.05, 0.1) is 0 Å². The van der Waals surface area contributed by atoms with Crippen molar-refractivity contribution in [3.05, 3.63) is 59.1 Å². The van der Waals surface area contributed by atoms with Crippen LogP contribution < -0.4 is 0 Å². The average molecular weight is 288 g/mol. The van der Waals surface area contributed by atoms with Gasteiger partial charge in [-0.1, -0.05) is 24.3 Å². The first-order valence-electron chi connectivity index (χ1n) is 5.79. The van der Waals surface area contributed by atoms with E-state index < -0.39 is 10.0 Å². The fourth-order valence-corrected chi connectivity index (χ4v) is 3.02. The van der Waals surface area contributed by atoms with Gasteiger partial charge in [-0.2, -0.15) is 12.4 Å². The molecule has 20 heavy (non-hydrogen) atoms. The molecule has 0 bridgehead atoms. The van der Waals surface area contributed by atoms with Crippen LogP contribution in [0.4, 0.5) is 5.82 Å². The van der Waals surface area contributed by atoms with Gasteiger partial charge in [-0.15, -0.1) is 0 Å². The van der Waals surface area contributed by atoms with Crippen LogP contribution in [0.15, 0.2) is 41.4 Å². The Morgan fingerprint density at radius 3 is 2.35 bits per heavy atom. The molecule has 0 unspecified atom stereocenters. The second-order valence-corrected chi connectivity index (χ2v) is 6.18. The average Bonchev–Trinajstić information content (AvgIpc) is 2.84. The standard InChI is InChI=1S/C14H12N2O3S/c1-10-4-6-13(7-5-10)20(18,19)16-9-12(11(2)17)8-14(16)15-3/h4-9H,1-2H3. The summed E-state index contributed by atoms with van der Waals surface area (Å²) in [6, 6.07) is 7.60. The summed E-state index contributed by atoms with van der Waals surface area (Å²) in [5.41, 5.74) is 1.14. The minimum atomic E-state index is -3.86. The second-order valence-electron chi connectivity index (χ2n) is 4.37. The maximum Gasteiger partial charge on any atom is 0.321 e. The van der Waals surface area contributed by atoms with E-state index >= 15 is 0 Å². The van der Waals surface area contributed by atoms with Crippen LogP contribution in [0.25, 0.3) is 4.85 Å². The van der Waals surface area contributed by atoms with E-state index in [0.29, 0.717) is 0 Å². The molecule has 0 aliphatic heterocycles. The monoisotopic (exact) mass is 288 g/mol. The summed E-state index contributed by atoms with van der Waals surface area (Å²) < 4.78 is 25.8. The van der Waals surface area contributed by atoms with Gasteiger partial charge in [0.15, 0.2) is 5.78 Å². The number of hydrogen-bond acceptors (Lipinski definition) is 3. The molecule has 1 heterocycles. The molecular formula is C14H12N2O3S. The summed E-state index contributed by atoms with van der Waals surface area (Å²) in [5.74, 6) is -0.386. The quantitative estimate of drug-likeness (QED) is 0.644. The van der Waals surface area contributed by atoms with E-state index in [1.54, 1.807) is 12.1 Å². The van der Waals surface area contributed by atoms with Crippen molar-refractivity contribution in [3.8, 4) is 0 Å². The fraction of sp³-hybridized carbons (Fsp3) is 0.143. The van der Waals surface area contributed by atoms with Gasteiger partial charge in [-0.05, 0) is 32.0 Å². The van der Waals surface area contributed by atoms with Crippen LogP contribution in [0, 0.1) is 13.5 Å². The number of aryl methyl sites for hydroxylation is 1. The number of carbonyl (C=O) groups excluding carboxylic acids is 1. The second kappa shape index (κ2) is 4.94. The first-order chi connectivity index (χ1) is 9.36. The normalized spacial score (nSPS) is 11.1. The Balaban J connectivity index is 2.63. The van der Waals surface area contributed by atoms with E-state index in [-0.39, 0.29) is 22.1 Å². The lowest BCUT2D eigenvalue weighted by molar-refractivity contribution is 0.101. The summed E-state index contributed by atoms with van der Waals surface area (Å²) in [5, 5.41) is 0. The Labute approximate surface area is 117 Å². The van der Waals surface area contributed by atoms with Gasteiger partial charge < -0.3 is 4.85 Å². The van der Waals surface area contributed by atoms with Crippen molar-refractivity contribution in [1.29, 1.82) is 0 Å². The number of carbonyl (C=O) groups is 1. The molecule has 102 valence electrons. The van der Waals surface area contributed by atoms with Crippen molar-refractivity contribution < 1.29 is 13.2 Å².